The van der Waals surface area contributed by atoms with E-state index in [0.29, 0.717) is 108 Å². The van der Waals surface area contributed by atoms with Crippen LogP contribution in [0.4, 0.5) is 25.2 Å². The molecular weight excluding hydrogens is 968 g/mol. The number of esters is 1. The van der Waals surface area contributed by atoms with Crippen LogP contribution in [0.1, 0.15) is 49.8 Å². The Morgan fingerprint density at radius 3 is 1.14 bits per heavy atom. The summed E-state index contributed by atoms with van der Waals surface area (Å²) in [6, 6.07) is 49.2. The summed E-state index contributed by atoms with van der Waals surface area (Å²) < 4.78 is 110. The standard InChI is InChI=1S/C30H29NO2.C24H32O8.F6P/c1-22-17-23(2)19-25(18-22)21-31-20-24-13-15-28(16-14-24)30(32)33-29(26-9-5-3-6-10-26)27-11-7-4-8-12-27;1-2-6-22-21(5-1)29-17-13-25-9-10-27-15-19-31-23-7-3-4-8-24(23)32-20-16-28-12-11-26-14-18-30-22;1-7(2,3,4,5)6/h3-19,29,31H,20-21H2,1-2H3;1-8H,9-20H2;/q;;-1/p+1. The van der Waals surface area contributed by atoms with Crippen LogP contribution in [0.2, 0.25) is 0 Å². The van der Waals surface area contributed by atoms with Crippen LogP contribution >= 0.6 is 7.81 Å². The molecule has 6 aromatic carbocycles. The second-order valence-electron chi connectivity index (χ2n) is 16.2. The first-order valence-corrected chi connectivity index (χ1v) is 25.3. The summed E-state index contributed by atoms with van der Waals surface area (Å²) in [4.78, 5) is 12.9. The van der Waals surface area contributed by atoms with Gasteiger partial charge in [-0.1, -0.05) is 126 Å². The van der Waals surface area contributed by atoms with Crippen molar-refractivity contribution in [3.8, 4) is 23.0 Å². The van der Waals surface area contributed by atoms with Crippen LogP contribution in [0.15, 0.2) is 152 Å². The van der Waals surface area contributed by atoms with Gasteiger partial charge in [-0.25, -0.2) is 4.79 Å². The third-order valence-electron chi connectivity index (χ3n) is 10.0. The van der Waals surface area contributed by atoms with Gasteiger partial charge in [-0.3, -0.25) is 0 Å². The number of hydrogen-bond acceptors (Lipinski definition) is 10. The zero-order chi connectivity index (χ0) is 51.6. The number of benzene rings is 6. The van der Waals surface area contributed by atoms with Crippen LogP contribution in [-0.4, -0.2) is 85.3 Å². The summed E-state index contributed by atoms with van der Waals surface area (Å²) in [7, 11) is -10.7. The van der Waals surface area contributed by atoms with E-state index in [1.807, 2.05) is 133 Å². The molecule has 0 radical (unpaired) electrons. The number of fused-ring (bicyclic) bond motifs is 2. The molecule has 0 atom stereocenters. The average Bonchev–Trinajstić information content (AvgIpc) is 3.34. The SMILES string of the molecule is Cc1cc(C)cc(C[NH2+]Cc2ccc(C(=O)OC(c3ccccc3)c3ccccc3)cc2)c1.F[P-](F)(F)(F)(F)F.c1ccc2c(c1)OCCOCCOCCOc1ccccc1OCCOCCOCCO2. The first kappa shape index (κ1) is 56.7. The molecule has 0 bridgehead atoms. The molecule has 72 heavy (non-hydrogen) atoms. The second-order valence-corrected chi connectivity index (χ2v) is 18.1. The minimum Gasteiger partial charge on any atom is -0.487 e. The predicted octanol–water partition coefficient (Wildman–Crippen LogP) is 11.9. The van der Waals surface area contributed by atoms with Gasteiger partial charge < -0.3 is 47.9 Å². The minimum absolute atomic E-state index is 0.321. The van der Waals surface area contributed by atoms with Crippen molar-refractivity contribution in [2.45, 2.75) is 33.0 Å². The maximum atomic E-state index is 12.9. The van der Waals surface area contributed by atoms with Crippen molar-refractivity contribution < 1.29 is 77.9 Å². The smallest absolute Gasteiger partial charge is 0.161 e. The number of carbonyl (C=O) groups excluding carboxylic acids is 1. The molecule has 0 saturated carbocycles. The number of hydrogen-bond donors (Lipinski definition) is 1. The molecule has 0 spiro atoms. The first-order chi connectivity index (χ1) is 34.5. The van der Waals surface area contributed by atoms with Crippen molar-refractivity contribution in [2.75, 3.05) is 79.3 Å². The quantitative estimate of drug-likeness (QED) is 0.0897. The van der Waals surface area contributed by atoms with E-state index in [4.69, 9.17) is 42.6 Å². The van der Waals surface area contributed by atoms with Gasteiger partial charge in [0.25, 0.3) is 0 Å². The maximum Gasteiger partial charge on any atom is 0.161 e. The number of quaternary nitrogens is 1. The van der Waals surface area contributed by atoms with Crippen LogP contribution in [0, 0.1) is 13.8 Å². The summed E-state index contributed by atoms with van der Waals surface area (Å²) in [5.74, 6) is 2.41. The molecule has 6 aromatic rings. The van der Waals surface area contributed by atoms with Gasteiger partial charge in [-0.2, -0.15) is 0 Å². The van der Waals surface area contributed by atoms with Crippen molar-refractivity contribution in [3.63, 3.8) is 0 Å². The van der Waals surface area contributed by atoms with Crippen LogP contribution in [0.25, 0.3) is 0 Å². The van der Waals surface area contributed by atoms with Crippen molar-refractivity contribution in [1.82, 2.24) is 0 Å². The minimum atomic E-state index is -10.7. The summed E-state index contributed by atoms with van der Waals surface area (Å²) in [5, 5.41) is 2.28. The Kier molecular flexibility index (Phi) is 22.2. The molecule has 0 aliphatic carbocycles. The van der Waals surface area contributed by atoms with Gasteiger partial charge in [-0.15, -0.1) is 0 Å². The van der Waals surface area contributed by atoms with Crippen LogP contribution in [-0.2, 0) is 36.8 Å². The summed E-state index contributed by atoms with van der Waals surface area (Å²) in [6.45, 7) is 11.5. The molecule has 1 aliphatic rings. The largest absolute Gasteiger partial charge is 0.487 e. The number of rotatable bonds is 8. The van der Waals surface area contributed by atoms with Crippen molar-refractivity contribution in [1.29, 1.82) is 0 Å². The fourth-order valence-corrected chi connectivity index (χ4v) is 6.99. The molecule has 7 rings (SSSR count). The average molecular weight is 1030 g/mol. The molecule has 1 aliphatic heterocycles. The van der Waals surface area contributed by atoms with E-state index in [-0.39, 0.29) is 5.97 Å². The summed E-state index contributed by atoms with van der Waals surface area (Å²) >= 11 is 0. The topological polar surface area (TPSA) is 117 Å². The van der Waals surface area contributed by atoms with E-state index in [1.165, 1.54) is 22.3 Å². The van der Waals surface area contributed by atoms with E-state index >= 15 is 0 Å². The molecule has 0 fully saturated rings. The van der Waals surface area contributed by atoms with Crippen molar-refractivity contribution in [2.24, 2.45) is 0 Å². The van der Waals surface area contributed by atoms with Gasteiger partial charge in [0.05, 0.1) is 58.4 Å². The van der Waals surface area contributed by atoms with Gasteiger partial charge in [-0.05, 0) is 61.4 Å². The van der Waals surface area contributed by atoms with E-state index in [1.54, 1.807) is 0 Å². The Morgan fingerprint density at radius 1 is 0.458 bits per heavy atom. The van der Waals surface area contributed by atoms with Crippen molar-refractivity contribution >= 4 is 13.8 Å². The monoisotopic (exact) mass is 1030 g/mol. The number of ether oxygens (including phenoxy) is 9. The van der Waals surface area contributed by atoms with E-state index in [9.17, 15) is 30.0 Å². The van der Waals surface area contributed by atoms with Gasteiger partial charge in [0.15, 0.2) is 29.1 Å². The van der Waals surface area contributed by atoms with E-state index in [2.05, 4.69) is 37.4 Å². The number of para-hydroxylation sites is 4. The maximum absolute atomic E-state index is 12.9. The van der Waals surface area contributed by atoms with E-state index in [0.717, 1.165) is 24.2 Å². The summed E-state index contributed by atoms with van der Waals surface area (Å²) in [5.41, 5.74) is 7.57. The third-order valence-corrected chi connectivity index (χ3v) is 10.0. The number of halogens is 6. The number of aryl methyl sites for hydroxylation is 2. The molecule has 11 nitrogen and oxygen atoms in total. The van der Waals surface area contributed by atoms with Gasteiger partial charge in [0, 0.05) is 11.1 Å². The molecule has 0 saturated heterocycles. The molecule has 18 heteroatoms. The summed E-state index contributed by atoms with van der Waals surface area (Å²) in [6.07, 6.45) is -0.439. The Balaban J connectivity index is 0.000000236. The Labute approximate surface area is 416 Å². The number of nitrogens with two attached hydrogens (primary N) is 1. The molecule has 0 aromatic heterocycles. The van der Waals surface area contributed by atoms with Crippen molar-refractivity contribution in [3.05, 3.63) is 191 Å². The first-order valence-electron chi connectivity index (χ1n) is 23.3. The fourth-order valence-electron chi connectivity index (χ4n) is 6.99. The molecule has 0 amide bonds. The van der Waals surface area contributed by atoms with Crippen LogP contribution in [0.3, 0.4) is 0 Å². The Hall–Kier alpha value is -6.20. The van der Waals surface area contributed by atoms with Crippen LogP contribution in [0.5, 0.6) is 23.0 Å². The van der Waals surface area contributed by atoms with Crippen LogP contribution < -0.4 is 24.3 Å². The second kappa shape index (κ2) is 28.1. The molecule has 2 N–H and O–H groups in total. The van der Waals surface area contributed by atoms with Gasteiger partial charge in [0.2, 0.25) is 0 Å². The third kappa shape index (κ3) is 24.3. The van der Waals surface area contributed by atoms with E-state index < -0.39 is 13.9 Å². The zero-order valence-electron chi connectivity index (χ0n) is 40.3. The molecule has 0 unspecified atom stereocenters. The predicted molar refractivity (Wildman–Crippen MR) is 264 cm³/mol. The molecule has 1 heterocycles. The van der Waals surface area contributed by atoms with Gasteiger partial charge >= 0.3 is 39.0 Å². The number of carbonyl (C=O) groups is 1. The molecular formula is C54H62F6NO10P. The zero-order valence-corrected chi connectivity index (χ0v) is 41.2. The Bertz CT molecular complexity index is 2310. The molecule has 390 valence electrons. The normalized spacial score (nSPS) is 15.3. The van der Waals surface area contributed by atoms with Gasteiger partial charge in [0.1, 0.15) is 39.5 Å². The fraction of sp³-hybridized carbons (Fsp3) is 0.315. The Morgan fingerprint density at radius 2 is 0.778 bits per heavy atom.